The van der Waals surface area contributed by atoms with E-state index < -0.39 is 13.4 Å². The van der Waals surface area contributed by atoms with Gasteiger partial charge in [-0.15, -0.1) is 0 Å². The van der Waals surface area contributed by atoms with Crippen LogP contribution in [-0.4, -0.2) is 33.4 Å². The molecule has 2 amide bonds. The van der Waals surface area contributed by atoms with Crippen molar-refractivity contribution in [1.82, 2.24) is 4.98 Å². The number of primary amides is 1. The highest BCUT2D eigenvalue weighted by molar-refractivity contribution is 6.30. The minimum atomic E-state index is -2.17. The average molecular weight is 199 g/mol. The fourth-order valence-electron chi connectivity index (χ4n) is 0.579. The highest BCUT2D eigenvalue weighted by atomic mass is 16.5. The van der Waals surface area contributed by atoms with Crippen LogP contribution in [0.1, 0.15) is 0 Å². The number of urea groups is 1. The molecule has 0 spiro atoms. The molecule has 0 saturated carbocycles. The van der Waals surface area contributed by atoms with Crippen molar-refractivity contribution in [2.24, 2.45) is 5.73 Å². The van der Waals surface area contributed by atoms with Crippen LogP contribution in [0, 0.1) is 0 Å². The van der Waals surface area contributed by atoms with Gasteiger partial charge in [0, 0.05) is 6.20 Å². The van der Waals surface area contributed by atoms with E-state index in [0.717, 1.165) is 0 Å². The molecule has 0 aromatic carbocycles. The third-order valence-corrected chi connectivity index (χ3v) is 0.929. The van der Waals surface area contributed by atoms with Gasteiger partial charge >= 0.3 is 13.4 Å². The second-order valence-corrected chi connectivity index (χ2v) is 2.08. The van der Waals surface area contributed by atoms with E-state index in [-0.39, 0.29) is 0 Å². The second kappa shape index (κ2) is 6.84. The molecule has 0 fully saturated rings. The van der Waals surface area contributed by atoms with Gasteiger partial charge in [-0.05, 0) is 12.1 Å². The smallest absolute Gasteiger partial charge is 0.402 e. The normalized spacial score (nSPS) is 8.21. The summed E-state index contributed by atoms with van der Waals surface area (Å²) in [5.74, 6) is 0. The first kappa shape index (κ1) is 12.4. The molecule has 14 heavy (non-hydrogen) atoms. The fraction of sp³-hybridized carbons (Fsp3) is 0. The molecule has 1 aromatic rings. The van der Waals surface area contributed by atoms with Crippen molar-refractivity contribution in [1.29, 1.82) is 0 Å². The number of pyridine rings is 1. The summed E-state index contributed by atoms with van der Waals surface area (Å²) in [6.45, 7) is 0. The third-order valence-electron chi connectivity index (χ3n) is 0.929. The zero-order valence-electron chi connectivity index (χ0n) is 7.16. The summed E-state index contributed by atoms with van der Waals surface area (Å²) in [6, 6.07) is 2.84. The predicted octanol–water partition coefficient (Wildman–Crippen LogP) is -1.48. The average Bonchev–Trinajstić information content (AvgIpc) is 2.03. The lowest BCUT2D eigenvalue weighted by Gasteiger charge is -1.97. The van der Waals surface area contributed by atoms with Crippen molar-refractivity contribution >= 4 is 19.0 Å². The summed E-state index contributed by atoms with van der Waals surface area (Å²) in [4.78, 5) is 14.0. The minimum Gasteiger partial charge on any atom is -0.402 e. The van der Waals surface area contributed by atoms with Gasteiger partial charge < -0.3 is 26.1 Å². The van der Waals surface area contributed by atoms with E-state index in [4.69, 9.17) is 20.8 Å². The first-order valence-electron chi connectivity index (χ1n) is 3.53. The maximum atomic E-state index is 10.3. The van der Waals surface area contributed by atoms with Crippen molar-refractivity contribution in [3.05, 3.63) is 24.5 Å². The summed E-state index contributed by atoms with van der Waals surface area (Å²) < 4.78 is 0. The Hall–Kier alpha value is -1.64. The second-order valence-electron chi connectivity index (χ2n) is 2.08. The molecule has 0 unspecified atom stereocenters. The number of nitrogens with two attached hydrogens (primary N) is 1. The number of rotatable bonds is 1. The standard InChI is InChI=1S/C6H7N3O.BH3O3/c7-6(10)9-5-2-1-3-8-4-5;2-1(3)4/h1-4H,(H3,7,9,10);2-4H. The lowest BCUT2D eigenvalue weighted by atomic mass is 10.3. The summed E-state index contributed by atoms with van der Waals surface area (Å²) in [5, 5.41) is 23.9. The lowest BCUT2D eigenvalue weighted by Crippen LogP contribution is -2.19. The monoisotopic (exact) mass is 199 g/mol. The fourth-order valence-corrected chi connectivity index (χ4v) is 0.579. The molecule has 0 atom stereocenters. The van der Waals surface area contributed by atoms with Crippen molar-refractivity contribution in [2.75, 3.05) is 5.32 Å². The van der Waals surface area contributed by atoms with Crippen molar-refractivity contribution in [2.45, 2.75) is 0 Å². The van der Waals surface area contributed by atoms with Crippen LogP contribution < -0.4 is 11.1 Å². The summed E-state index contributed by atoms with van der Waals surface area (Å²) in [6.07, 6.45) is 3.14. The molecule has 0 aliphatic heterocycles. The molecular formula is C6H10BN3O4. The molecule has 76 valence electrons. The Morgan fingerprint density at radius 2 is 2.07 bits per heavy atom. The number of carbonyl (C=O) groups excluding carboxylic acids is 1. The molecule has 8 heteroatoms. The number of aromatic nitrogens is 1. The summed E-state index contributed by atoms with van der Waals surface area (Å²) in [7, 11) is -2.17. The van der Waals surface area contributed by atoms with Crippen LogP contribution in [0.4, 0.5) is 10.5 Å². The van der Waals surface area contributed by atoms with Gasteiger partial charge in [-0.2, -0.15) is 0 Å². The molecule has 1 rings (SSSR count). The predicted molar refractivity (Wildman–Crippen MR) is 49.9 cm³/mol. The molecule has 6 N–H and O–H groups in total. The maximum Gasteiger partial charge on any atom is 0.631 e. The SMILES string of the molecule is NC(=O)Nc1cccnc1.OB(O)O. The number of hydrogen-bond donors (Lipinski definition) is 5. The molecule has 1 heterocycles. The molecular weight excluding hydrogens is 189 g/mol. The third kappa shape index (κ3) is 8.46. The van der Waals surface area contributed by atoms with Gasteiger partial charge in [-0.25, -0.2) is 4.79 Å². The van der Waals surface area contributed by atoms with E-state index in [1.165, 1.54) is 6.20 Å². The molecule has 0 radical (unpaired) electrons. The Kier molecular flexibility index (Phi) is 6.04. The van der Waals surface area contributed by atoms with E-state index in [1.54, 1.807) is 18.3 Å². The zero-order valence-corrected chi connectivity index (χ0v) is 7.16. The van der Waals surface area contributed by atoms with Gasteiger partial charge in [-0.1, -0.05) is 0 Å². The van der Waals surface area contributed by atoms with E-state index in [9.17, 15) is 4.79 Å². The first-order chi connectivity index (χ1) is 6.52. The Morgan fingerprint density at radius 3 is 2.43 bits per heavy atom. The molecule has 7 nitrogen and oxygen atoms in total. The van der Waals surface area contributed by atoms with Crippen LogP contribution in [0.15, 0.2) is 24.5 Å². The van der Waals surface area contributed by atoms with Crippen LogP contribution >= 0.6 is 0 Å². The van der Waals surface area contributed by atoms with Crippen LogP contribution in [0.5, 0.6) is 0 Å². The quantitative estimate of drug-likeness (QED) is 0.352. The largest absolute Gasteiger partial charge is 0.631 e. The highest BCUT2D eigenvalue weighted by Gasteiger charge is 1.92. The van der Waals surface area contributed by atoms with Gasteiger partial charge in [-0.3, -0.25) is 4.98 Å². The molecule has 1 aromatic heterocycles. The van der Waals surface area contributed by atoms with E-state index >= 15 is 0 Å². The van der Waals surface area contributed by atoms with Crippen LogP contribution in [0.25, 0.3) is 0 Å². The molecule has 0 aliphatic rings. The van der Waals surface area contributed by atoms with Crippen LogP contribution in [-0.2, 0) is 0 Å². The van der Waals surface area contributed by atoms with Crippen molar-refractivity contribution in [3.8, 4) is 0 Å². The number of nitrogens with one attached hydrogen (secondary N) is 1. The van der Waals surface area contributed by atoms with Crippen molar-refractivity contribution < 1.29 is 19.9 Å². The van der Waals surface area contributed by atoms with Crippen LogP contribution in [0.2, 0.25) is 0 Å². The lowest BCUT2D eigenvalue weighted by molar-refractivity contribution is 0.259. The highest BCUT2D eigenvalue weighted by Crippen LogP contribution is 2.00. The Balaban J connectivity index is 0.000000364. The zero-order chi connectivity index (χ0) is 11.0. The number of anilines is 1. The van der Waals surface area contributed by atoms with E-state index in [2.05, 4.69) is 10.3 Å². The van der Waals surface area contributed by atoms with E-state index in [1.807, 2.05) is 0 Å². The first-order valence-corrected chi connectivity index (χ1v) is 3.53. The van der Waals surface area contributed by atoms with Gasteiger partial charge in [0.1, 0.15) is 0 Å². The molecule has 0 bridgehead atoms. The Labute approximate surface area is 80.4 Å². The summed E-state index contributed by atoms with van der Waals surface area (Å²) in [5.41, 5.74) is 5.45. The maximum absolute atomic E-state index is 10.3. The minimum absolute atomic E-state index is 0.576. The Bertz CT molecular complexity index is 266. The van der Waals surface area contributed by atoms with Gasteiger partial charge in [0.15, 0.2) is 0 Å². The van der Waals surface area contributed by atoms with Gasteiger partial charge in [0.05, 0.1) is 11.9 Å². The number of amides is 2. The van der Waals surface area contributed by atoms with Crippen LogP contribution in [0.3, 0.4) is 0 Å². The number of hydrogen-bond acceptors (Lipinski definition) is 5. The van der Waals surface area contributed by atoms with E-state index in [0.29, 0.717) is 5.69 Å². The van der Waals surface area contributed by atoms with Gasteiger partial charge in [0.25, 0.3) is 0 Å². The summed E-state index contributed by atoms with van der Waals surface area (Å²) >= 11 is 0. The molecule has 0 aliphatic carbocycles. The van der Waals surface area contributed by atoms with Crippen molar-refractivity contribution in [3.63, 3.8) is 0 Å². The topological polar surface area (TPSA) is 129 Å². The number of nitrogens with zero attached hydrogens (tertiary/aromatic N) is 1. The molecule has 0 saturated heterocycles. The van der Waals surface area contributed by atoms with Gasteiger partial charge in [0.2, 0.25) is 0 Å². The Morgan fingerprint density at radius 1 is 1.50 bits per heavy atom. The number of carbonyl (C=O) groups is 1.